The number of carboxylic acid groups (broad SMARTS) is 1. The van der Waals surface area contributed by atoms with Crippen LogP contribution in [0.25, 0.3) is 0 Å². The van der Waals surface area contributed by atoms with Crippen molar-refractivity contribution in [2.75, 3.05) is 14.1 Å². The molecule has 28 heavy (non-hydrogen) atoms. The van der Waals surface area contributed by atoms with Crippen LogP contribution in [0.5, 0.6) is 5.75 Å². The summed E-state index contributed by atoms with van der Waals surface area (Å²) < 4.78 is 0. The Balaban J connectivity index is 0.00000227. The van der Waals surface area contributed by atoms with Crippen LogP contribution < -0.4 is 10.0 Å². The Morgan fingerprint density at radius 1 is 1.18 bits per heavy atom. The molecule has 0 aliphatic heterocycles. The Morgan fingerprint density at radius 3 is 2.25 bits per heavy atom. The smallest absolute Gasteiger partial charge is 0.117 e. The van der Waals surface area contributed by atoms with Gasteiger partial charge in [-0.25, -0.2) is 0 Å². The van der Waals surface area contributed by atoms with Crippen molar-refractivity contribution in [3.63, 3.8) is 0 Å². The number of phenolic OH excluding ortho intramolecular Hbond substituents is 1. The van der Waals surface area contributed by atoms with Crippen molar-refractivity contribution in [2.45, 2.75) is 65.0 Å². The summed E-state index contributed by atoms with van der Waals surface area (Å²) in [6.07, 6.45) is 9.22. The lowest BCUT2D eigenvalue weighted by Gasteiger charge is -2.26. The fourth-order valence-electron chi connectivity index (χ4n) is 3.29. The number of carbonyl (C=O) groups excluding carboxylic acids is 1. The molecule has 0 fully saturated rings. The lowest BCUT2D eigenvalue weighted by Crippen LogP contribution is -3.11. The van der Waals surface area contributed by atoms with E-state index in [1.807, 2.05) is 12.1 Å². The van der Waals surface area contributed by atoms with Gasteiger partial charge in [-0.05, 0) is 48.8 Å². The van der Waals surface area contributed by atoms with E-state index in [4.69, 9.17) is 9.90 Å². The summed E-state index contributed by atoms with van der Waals surface area (Å²) in [6, 6.07) is 7.47. The Bertz CT molecular complexity index is 542. The second kappa shape index (κ2) is 15.1. The minimum absolute atomic E-state index is 0.162. The van der Waals surface area contributed by atoms with Gasteiger partial charge in [-0.2, -0.15) is 0 Å². The van der Waals surface area contributed by atoms with Gasteiger partial charge in [0.1, 0.15) is 17.9 Å². The fraction of sp³-hybridized carbons (Fsp3) is 0.609. The van der Waals surface area contributed by atoms with Crippen molar-refractivity contribution in [2.24, 2.45) is 11.8 Å². The van der Waals surface area contributed by atoms with Gasteiger partial charge in [-0.1, -0.05) is 51.5 Å². The van der Waals surface area contributed by atoms with E-state index in [9.17, 15) is 10.2 Å². The minimum Gasteiger partial charge on any atom is -0.554 e. The maximum atomic E-state index is 10.6. The molecule has 3 N–H and O–H groups in total. The zero-order chi connectivity index (χ0) is 21.5. The molecular formula is C23H39NO4. The molecule has 5 nitrogen and oxygen atoms in total. The van der Waals surface area contributed by atoms with Crippen molar-refractivity contribution < 1.29 is 25.0 Å². The van der Waals surface area contributed by atoms with Crippen LogP contribution in [0.2, 0.25) is 0 Å². The van der Waals surface area contributed by atoms with Gasteiger partial charge in [0, 0.05) is 12.9 Å². The molecule has 0 amide bonds. The molecule has 5 heteroatoms. The summed E-state index contributed by atoms with van der Waals surface area (Å²) in [5.41, 5.74) is 1.15. The van der Waals surface area contributed by atoms with Gasteiger partial charge in [-0.3, -0.25) is 0 Å². The van der Waals surface area contributed by atoms with Crippen LogP contribution in [-0.2, 0) is 11.2 Å². The molecule has 0 saturated heterocycles. The average Bonchev–Trinajstić information content (AvgIpc) is 2.64. The van der Waals surface area contributed by atoms with Crippen molar-refractivity contribution >= 4 is 6.47 Å². The van der Waals surface area contributed by atoms with E-state index in [1.54, 1.807) is 12.1 Å². The molecule has 0 aromatic heterocycles. The van der Waals surface area contributed by atoms with E-state index in [0.717, 1.165) is 30.7 Å². The molecule has 0 saturated carbocycles. The quantitative estimate of drug-likeness (QED) is 0.394. The van der Waals surface area contributed by atoms with Crippen LogP contribution in [0.4, 0.5) is 0 Å². The van der Waals surface area contributed by atoms with E-state index in [1.165, 1.54) is 17.7 Å². The van der Waals surface area contributed by atoms with Gasteiger partial charge in [-0.15, -0.1) is 0 Å². The SMILES string of the molecule is CC[C@@H](C)C[C@@H](C)/C=C/CC[C@@H](O)[C@H](Cc1ccc(O)cc1)[NH+](C)C.O=C[O-]. The number of nitrogens with one attached hydrogen (secondary N) is 1. The largest absolute Gasteiger partial charge is 0.554 e. The number of allylic oxidation sites excluding steroid dienone is 2. The van der Waals surface area contributed by atoms with Crippen molar-refractivity contribution in [3.8, 4) is 5.75 Å². The summed E-state index contributed by atoms with van der Waals surface area (Å²) in [5.74, 6) is 1.67. The number of quaternary nitrogens is 1. The van der Waals surface area contributed by atoms with E-state index >= 15 is 0 Å². The van der Waals surface area contributed by atoms with Gasteiger partial charge in [0.2, 0.25) is 0 Å². The maximum Gasteiger partial charge on any atom is 0.117 e. The standard InChI is InChI=1S/C22H37NO2.CH2O2/c1-6-17(2)15-18(3)9-7-8-10-22(25)21(23(4)5)16-19-11-13-20(24)14-12-19;2-1-3/h7,9,11-14,17-18,21-22,24-25H,6,8,10,15-16H2,1-5H3;1H,(H,2,3)/b9-7+;/t17-,18+,21+,22-;/m1./s1. The number of aromatic hydroxyl groups is 1. The zero-order valence-electron chi connectivity index (χ0n) is 18.1. The lowest BCUT2D eigenvalue weighted by molar-refractivity contribution is -0.889. The third kappa shape index (κ3) is 11.8. The monoisotopic (exact) mass is 393 g/mol. The number of phenols is 1. The molecule has 0 aliphatic carbocycles. The Hall–Kier alpha value is -1.85. The van der Waals surface area contributed by atoms with Gasteiger partial charge in [0.25, 0.3) is 0 Å². The highest BCUT2D eigenvalue weighted by Crippen LogP contribution is 2.17. The molecule has 0 spiro atoms. The van der Waals surface area contributed by atoms with Gasteiger partial charge < -0.3 is 25.0 Å². The highest BCUT2D eigenvalue weighted by molar-refractivity contribution is 5.29. The first-order valence-electron chi connectivity index (χ1n) is 10.2. The molecule has 4 atom stereocenters. The van der Waals surface area contributed by atoms with Crippen LogP contribution in [0.3, 0.4) is 0 Å². The van der Waals surface area contributed by atoms with Gasteiger partial charge >= 0.3 is 0 Å². The molecule has 0 aliphatic rings. The van der Waals surface area contributed by atoms with Crippen molar-refractivity contribution in [1.82, 2.24) is 0 Å². The minimum atomic E-state index is -0.500. The predicted molar refractivity (Wildman–Crippen MR) is 112 cm³/mol. The Labute approximate surface area is 170 Å². The number of aliphatic hydroxyl groups excluding tert-OH is 1. The number of rotatable bonds is 11. The first-order valence-corrected chi connectivity index (χ1v) is 10.2. The van der Waals surface area contributed by atoms with Crippen molar-refractivity contribution in [1.29, 1.82) is 0 Å². The lowest BCUT2D eigenvalue weighted by atomic mass is 9.94. The second-order valence-electron chi connectivity index (χ2n) is 7.95. The van der Waals surface area contributed by atoms with Crippen LogP contribution in [0.15, 0.2) is 36.4 Å². The van der Waals surface area contributed by atoms with E-state index in [-0.39, 0.29) is 17.9 Å². The highest BCUT2D eigenvalue weighted by atomic mass is 16.3. The van der Waals surface area contributed by atoms with E-state index in [0.29, 0.717) is 5.92 Å². The maximum absolute atomic E-state index is 10.6. The molecule has 1 aromatic rings. The first-order chi connectivity index (χ1) is 13.2. The average molecular weight is 394 g/mol. The van der Waals surface area contributed by atoms with Crippen LogP contribution >= 0.6 is 0 Å². The number of likely N-dealkylation sites (N-methyl/N-ethyl adjacent to an activating group) is 1. The molecule has 160 valence electrons. The molecule has 0 bridgehead atoms. The Kier molecular flexibility index (Phi) is 14.1. The number of aliphatic hydroxyl groups is 1. The molecule has 0 radical (unpaired) electrons. The van der Waals surface area contributed by atoms with Gasteiger partial charge in [0.05, 0.1) is 14.1 Å². The molecule has 1 aromatic carbocycles. The summed E-state index contributed by atoms with van der Waals surface area (Å²) in [5, 5.41) is 28.3. The summed E-state index contributed by atoms with van der Waals surface area (Å²) in [7, 11) is 4.19. The summed E-state index contributed by atoms with van der Waals surface area (Å²) >= 11 is 0. The Morgan fingerprint density at radius 2 is 1.75 bits per heavy atom. The van der Waals surface area contributed by atoms with Crippen LogP contribution in [0.1, 0.15) is 52.0 Å². The first kappa shape index (κ1) is 26.1. The molecule has 0 unspecified atom stereocenters. The molecule has 0 heterocycles. The second-order valence-corrected chi connectivity index (χ2v) is 7.95. The highest BCUT2D eigenvalue weighted by Gasteiger charge is 2.24. The fourth-order valence-corrected chi connectivity index (χ4v) is 3.29. The topological polar surface area (TPSA) is 85.0 Å². The summed E-state index contributed by atoms with van der Waals surface area (Å²) in [4.78, 5) is 9.51. The number of hydrogen-bond acceptors (Lipinski definition) is 4. The number of hydrogen-bond donors (Lipinski definition) is 3. The molecular weight excluding hydrogens is 354 g/mol. The van der Waals surface area contributed by atoms with Gasteiger partial charge in [0.15, 0.2) is 0 Å². The summed E-state index contributed by atoms with van der Waals surface area (Å²) in [6.45, 7) is 6.33. The third-order valence-electron chi connectivity index (χ3n) is 5.16. The third-order valence-corrected chi connectivity index (χ3v) is 5.16. The predicted octanol–water partition coefficient (Wildman–Crippen LogP) is 1.58. The zero-order valence-corrected chi connectivity index (χ0v) is 18.1. The van der Waals surface area contributed by atoms with Crippen LogP contribution in [-0.4, -0.2) is 42.9 Å². The van der Waals surface area contributed by atoms with E-state index in [2.05, 4.69) is 47.0 Å². The normalized spacial score (nSPS) is 15.5. The van der Waals surface area contributed by atoms with Crippen molar-refractivity contribution in [3.05, 3.63) is 42.0 Å². The number of benzene rings is 1. The van der Waals surface area contributed by atoms with Crippen LogP contribution in [0, 0.1) is 11.8 Å². The van der Waals surface area contributed by atoms with E-state index < -0.39 is 6.47 Å². The molecule has 1 rings (SSSR count). The number of carbonyl (C=O) groups is 1.